The summed E-state index contributed by atoms with van der Waals surface area (Å²) < 4.78 is 0. The molecule has 0 radical (unpaired) electrons. The van der Waals surface area contributed by atoms with Crippen LogP contribution in [0.2, 0.25) is 0 Å². The first-order chi connectivity index (χ1) is 1.41. The Morgan fingerprint density at radius 3 is 1.60 bits per heavy atom. The summed E-state index contributed by atoms with van der Waals surface area (Å²) in [6.07, 6.45) is 0. The maximum absolute atomic E-state index is 8.00. The van der Waals surface area contributed by atoms with Gasteiger partial charge in [0.05, 0.1) is 0 Å². The summed E-state index contributed by atoms with van der Waals surface area (Å²) in [6.45, 7) is 0. The van der Waals surface area contributed by atoms with Crippen LogP contribution in [-0.2, 0) is 0 Å². The fourth-order valence-electron chi connectivity index (χ4n) is 0. The Bertz CT molecular complexity index is 15.1. The summed E-state index contributed by atoms with van der Waals surface area (Å²) in [7, 11) is 0. The summed E-state index contributed by atoms with van der Waals surface area (Å²) in [5, 5.41) is 9.00. The maximum Gasteiger partial charge on any atom is 0 e. The minimum Gasteiger partial charge on any atom is -0.444 e. The number of hydrogen-bond acceptors (Lipinski definition) is 3. The van der Waals surface area contributed by atoms with Gasteiger partial charge in [-0.05, 0) is 0 Å². The summed E-state index contributed by atoms with van der Waals surface area (Å²) in [6, 6.07) is 0. The summed E-state index contributed by atoms with van der Waals surface area (Å²) in [5.41, 5.74) is 0. The molecule has 0 fully saturated rings. The SMILES string of the molecule is O=N[O-].[Ce].[NH4+]. The summed E-state index contributed by atoms with van der Waals surface area (Å²) in [5.74, 6) is 0. The molecule has 0 aliphatic carbocycles. The monoisotopic (exact) mass is 204 g/mol. The standard InChI is InChI=1S/Ce.HNO2.H3N/c;2-1-3;/h;(H,2,3);1H3. The van der Waals surface area contributed by atoms with Gasteiger partial charge in [-0.15, -0.1) is 5.34 Å². The van der Waals surface area contributed by atoms with Gasteiger partial charge < -0.3 is 16.3 Å². The van der Waals surface area contributed by atoms with Gasteiger partial charge in [-0.2, -0.15) is 0 Å². The van der Waals surface area contributed by atoms with Crippen LogP contribution in [-0.4, -0.2) is 0 Å². The van der Waals surface area contributed by atoms with Crippen molar-refractivity contribution >= 4 is 0 Å². The van der Waals surface area contributed by atoms with Gasteiger partial charge in [0.1, 0.15) is 0 Å². The Labute approximate surface area is 62.8 Å². The fraction of sp³-hybridized carbons (Fsp3) is 0. The third-order valence-electron chi connectivity index (χ3n) is 0. The molecule has 0 amide bonds. The first kappa shape index (κ1) is 17.2. The van der Waals surface area contributed by atoms with Crippen molar-refractivity contribution in [3.8, 4) is 0 Å². The largest absolute Gasteiger partial charge is 0.444 e. The van der Waals surface area contributed by atoms with E-state index in [1.54, 1.807) is 0 Å². The number of quaternary nitrogens is 1. The van der Waals surface area contributed by atoms with Gasteiger partial charge in [0.2, 0.25) is 0 Å². The predicted molar refractivity (Wildman–Crippen MR) is 15.1 cm³/mol. The molecule has 30 valence electrons. The van der Waals surface area contributed by atoms with Crippen molar-refractivity contribution in [3.63, 3.8) is 0 Å². The Hall–Kier alpha value is 0.737. The van der Waals surface area contributed by atoms with Crippen molar-refractivity contribution in [2.24, 2.45) is 5.34 Å². The van der Waals surface area contributed by atoms with Gasteiger partial charge >= 0.3 is 0 Å². The Morgan fingerprint density at radius 1 is 1.60 bits per heavy atom. The average molecular weight is 204 g/mol. The van der Waals surface area contributed by atoms with Crippen LogP contribution < -0.4 is 6.15 Å². The second kappa shape index (κ2) is 21.9. The molecule has 4 nitrogen and oxygen atoms in total. The van der Waals surface area contributed by atoms with E-state index in [-0.39, 0.29) is 47.9 Å². The second-order valence-electron chi connectivity index (χ2n) is 0.0745. The average Bonchev–Trinajstić information content (AvgIpc) is 0.918. The second-order valence-corrected chi connectivity index (χ2v) is 0.0745. The van der Waals surface area contributed by atoms with E-state index in [0.717, 1.165) is 5.34 Å². The fourth-order valence-corrected chi connectivity index (χ4v) is 0. The Balaban J connectivity index is -0.0000000200. The van der Waals surface area contributed by atoms with Crippen molar-refractivity contribution in [1.82, 2.24) is 6.15 Å². The molecule has 0 spiro atoms. The quantitative estimate of drug-likeness (QED) is 0.463. The maximum atomic E-state index is 8.00. The van der Waals surface area contributed by atoms with E-state index >= 15 is 0 Å². The molecule has 5 heavy (non-hydrogen) atoms. The van der Waals surface area contributed by atoms with Gasteiger partial charge in [-0.1, -0.05) is 0 Å². The molecule has 0 unspecified atom stereocenters. The van der Waals surface area contributed by atoms with Gasteiger partial charge in [-0.3, -0.25) is 0 Å². The smallest absolute Gasteiger partial charge is 0 e. The molecule has 0 rings (SSSR count). The van der Waals surface area contributed by atoms with Gasteiger partial charge in [0.25, 0.3) is 0 Å². The molecule has 0 aliphatic rings. The number of rotatable bonds is 0. The van der Waals surface area contributed by atoms with E-state index in [9.17, 15) is 0 Å². The molecule has 0 saturated carbocycles. The van der Waals surface area contributed by atoms with E-state index in [1.807, 2.05) is 0 Å². The zero-order chi connectivity index (χ0) is 2.71. The number of nitrogens with zero attached hydrogens (tertiary/aromatic N) is 1. The molecule has 4 N–H and O–H groups in total. The van der Waals surface area contributed by atoms with E-state index in [0.29, 0.717) is 0 Å². The van der Waals surface area contributed by atoms with Crippen molar-refractivity contribution < 1.29 is 41.7 Å². The minimum atomic E-state index is 0. The van der Waals surface area contributed by atoms with Gasteiger partial charge in [-0.25, -0.2) is 0 Å². The third-order valence-corrected chi connectivity index (χ3v) is 0. The minimum absolute atomic E-state index is 0. The van der Waals surface area contributed by atoms with Crippen LogP contribution in [0.15, 0.2) is 5.34 Å². The van der Waals surface area contributed by atoms with Crippen LogP contribution in [0.1, 0.15) is 0 Å². The summed E-state index contributed by atoms with van der Waals surface area (Å²) >= 11 is 0. The molecule has 0 saturated heterocycles. The molecule has 0 atom stereocenters. The summed E-state index contributed by atoms with van der Waals surface area (Å²) in [4.78, 5) is 8.00. The molecule has 0 aromatic heterocycles. The zero-order valence-electron chi connectivity index (χ0n) is 2.76. The van der Waals surface area contributed by atoms with Crippen molar-refractivity contribution in [3.05, 3.63) is 10.1 Å². The van der Waals surface area contributed by atoms with Crippen LogP contribution in [0.4, 0.5) is 0 Å². The van der Waals surface area contributed by atoms with Crippen molar-refractivity contribution in [1.29, 1.82) is 0 Å². The van der Waals surface area contributed by atoms with E-state index in [2.05, 4.69) is 0 Å². The van der Waals surface area contributed by atoms with E-state index < -0.39 is 0 Å². The van der Waals surface area contributed by atoms with Crippen LogP contribution in [0, 0.1) is 51.9 Å². The first-order valence-electron chi connectivity index (χ1n) is 0.365. The topological polar surface area (TPSA) is 89.0 Å². The van der Waals surface area contributed by atoms with Crippen LogP contribution in [0.5, 0.6) is 0 Å². The van der Waals surface area contributed by atoms with Crippen LogP contribution >= 0.6 is 0 Å². The van der Waals surface area contributed by atoms with Crippen LogP contribution in [0.3, 0.4) is 0 Å². The molecule has 0 bridgehead atoms. The molecule has 5 heteroatoms. The number of hydrogen-bond donors (Lipinski definition) is 1. The van der Waals surface area contributed by atoms with Crippen molar-refractivity contribution in [2.45, 2.75) is 0 Å². The molecule has 0 aliphatic heterocycles. The van der Waals surface area contributed by atoms with Gasteiger partial charge in [0, 0.05) is 41.7 Å². The Morgan fingerprint density at radius 2 is 1.60 bits per heavy atom. The predicted octanol–water partition coefficient (Wildman–Crippen LogP) is 0.627. The molecular formula is H4CeN2O2. The van der Waals surface area contributed by atoms with E-state index in [4.69, 9.17) is 10.1 Å². The van der Waals surface area contributed by atoms with E-state index in [1.165, 1.54) is 0 Å². The first-order valence-corrected chi connectivity index (χ1v) is 0.365. The molecule has 0 heterocycles. The molecule has 0 aromatic rings. The normalized spacial score (nSPS) is 2.40. The molecule has 0 aromatic carbocycles. The van der Waals surface area contributed by atoms with Gasteiger partial charge in [0.15, 0.2) is 0 Å². The Kier molecular flexibility index (Phi) is 75.4. The van der Waals surface area contributed by atoms with Crippen molar-refractivity contribution in [2.75, 3.05) is 0 Å². The van der Waals surface area contributed by atoms with Crippen LogP contribution in [0.25, 0.3) is 0 Å². The zero-order valence-corrected chi connectivity index (χ0v) is 5.90. The molecular weight excluding hydrogens is 200 g/mol. The third kappa shape index (κ3) is 65.4.